The zero-order valence-corrected chi connectivity index (χ0v) is 20.0. The van der Waals surface area contributed by atoms with E-state index in [9.17, 15) is 9.59 Å². The number of amides is 1. The lowest BCUT2D eigenvalue weighted by molar-refractivity contribution is 0.0978. The molecule has 2 aromatic carbocycles. The van der Waals surface area contributed by atoms with Crippen molar-refractivity contribution in [1.82, 2.24) is 14.0 Å². The molecule has 6 heteroatoms. The Morgan fingerprint density at radius 1 is 0.943 bits per heavy atom. The molecule has 0 aliphatic rings. The van der Waals surface area contributed by atoms with E-state index in [4.69, 9.17) is 4.98 Å². The Bertz CT molecular complexity index is 1550. The van der Waals surface area contributed by atoms with E-state index in [0.717, 1.165) is 29.7 Å². The average Bonchev–Trinajstić information content (AvgIpc) is 3.25. The number of aryl methyl sites for hydroxylation is 1. The first kappa shape index (κ1) is 22.6. The van der Waals surface area contributed by atoms with E-state index >= 15 is 0 Å². The third-order valence-electron chi connectivity index (χ3n) is 6.34. The molecule has 0 radical (unpaired) electrons. The SMILES string of the molecule is CCCCN(C(=O)c1cc2c(=O)n3cccc(C)c3nc2n1Cc1ccccc1)c1ccccc1. The number of nitrogens with zero attached hydrogens (tertiary/aromatic N) is 4. The number of para-hydroxylation sites is 1. The summed E-state index contributed by atoms with van der Waals surface area (Å²) in [6.07, 6.45) is 3.57. The maximum Gasteiger partial charge on any atom is 0.274 e. The van der Waals surface area contributed by atoms with Crippen molar-refractivity contribution in [1.29, 1.82) is 0 Å². The molecular weight excluding hydrogens is 436 g/mol. The third kappa shape index (κ3) is 4.23. The second-order valence-corrected chi connectivity index (χ2v) is 8.79. The highest BCUT2D eigenvalue weighted by molar-refractivity contribution is 6.07. The Balaban J connectivity index is 1.74. The molecule has 0 spiro atoms. The van der Waals surface area contributed by atoms with Crippen molar-refractivity contribution in [2.45, 2.75) is 33.2 Å². The monoisotopic (exact) mass is 464 g/mol. The van der Waals surface area contributed by atoms with Gasteiger partial charge in [0, 0.05) is 25.0 Å². The maximum atomic E-state index is 14.1. The summed E-state index contributed by atoms with van der Waals surface area (Å²) in [5, 5.41) is 0.441. The molecule has 0 bridgehead atoms. The lowest BCUT2D eigenvalue weighted by Crippen LogP contribution is -2.33. The van der Waals surface area contributed by atoms with E-state index in [0.29, 0.717) is 35.5 Å². The van der Waals surface area contributed by atoms with Crippen molar-refractivity contribution in [2.24, 2.45) is 0 Å². The standard InChI is InChI=1S/C29H28N4O2/c1-3-4-17-31(23-15-9-6-10-16-23)29(35)25-19-24-27(33(25)20-22-13-7-5-8-14-22)30-26-21(2)12-11-18-32(26)28(24)34/h5-16,18-19H,3-4,17,20H2,1-2H3. The second kappa shape index (κ2) is 9.58. The molecule has 3 heterocycles. The summed E-state index contributed by atoms with van der Waals surface area (Å²) >= 11 is 0. The van der Waals surface area contributed by atoms with Gasteiger partial charge >= 0.3 is 0 Å². The van der Waals surface area contributed by atoms with Gasteiger partial charge in [0.2, 0.25) is 0 Å². The Morgan fingerprint density at radius 3 is 2.37 bits per heavy atom. The highest BCUT2D eigenvalue weighted by atomic mass is 16.2. The number of rotatable bonds is 7. The number of aromatic nitrogens is 3. The van der Waals surface area contributed by atoms with Gasteiger partial charge in [-0.25, -0.2) is 4.98 Å². The zero-order chi connectivity index (χ0) is 24.4. The Kier molecular flexibility index (Phi) is 6.19. The first-order chi connectivity index (χ1) is 17.1. The van der Waals surface area contributed by atoms with Crippen LogP contribution in [0.1, 0.15) is 41.4 Å². The van der Waals surface area contributed by atoms with Gasteiger partial charge in [0.25, 0.3) is 11.5 Å². The van der Waals surface area contributed by atoms with Crippen molar-refractivity contribution in [3.8, 4) is 0 Å². The first-order valence-corrected chi connectivity index (χ1v) is 12.0. The number of anilines is 1. The molecule has 0 unspecified atom stereocenters. The Labute approximate surface area is 204 Å². The minimum absolute atomic E-state index is 0.135. The van der Waals surface area contributed by atoms with Crippen LogP contribution >= 0.6 is 0 Å². The summed E-state index contributed by atoms with van der Waals surface area (Å²) in [6, 6.07) is 25.1. The van der Waals surface area contributed by atoms with E-state index < -0.39 is 0 Å². The molecule has 0 saturated heterocycles. The van der Waals surface area contributed by atoms with E-state index in [2.05, 4.69) is 6.92 Å². The van der Waals surface area contributed by atoms with Crippen LogP contribution in [-0.4, -0.2) is 26.4 Å². The van der Waals surface area contributed by atoms with Gasteiger partial charge in [-0.2, -0.15) is 0 Å². The summed E-state index contributed by atoms with van der Waals surface area (Å²) in [4.78, 5) is 34.2. The van der Waals surface area contributed by atoms with Crippen molar-refractivity contribution in [3.05, 3.63) is 112 Å². The molecule has 0 saturated carbocycles. The molecule has 1 amide bonds. The van der Waals surface area contributed by atoms with E-state index in [1.165, 1.54) is 0 Å². The van der Waals surface area contributed by atoms with E-state index in [1.807, 2.05) is 89.2 Å². The third-order valence-corrected chi connectivity index (χ3v) is 6.34. The lowest BCUT2D eigenvalue weighted by atomic mass is 10.2. The maximum absolute atomic E-state index is 14.1. The van der Waals surface area contributed by atoms with Crippen LogP contribution < -0.4 is 10.5 Å². The zero-order valence-electron chi connectivity index (χ0n) is 20.0. The van der Waals surface area contributed by atoms with Gasteiger partial charge in [-0.1, -0.05) is 67.9 Å². The van der Waals surface area contributed by atoms with Crippen LogP contribution in [0.15, 0.2) is 89.9 Å². The number of benzene rings is 2. The molecule has 5 rings (SSSR count). The molecule has 0 aliphatic carbocycles. The van der Waals surface area contributed by atoms with Gasteiger partial charge in [-0.15, -0.1) is 0 Å². The molecular formula is C29H28N4O2. The van der Waals surface area contributed by atoms with Crippen molar-refractivity contribution in [3.63, 3.8) is 0 Å². The van der Waals surface area contributed by atoms with Crippen molar-refractivity contribution < 1.29 is 4.79 Å². The van der Waals surface area contributed by atoms with Crippen LogP contribution in [0.25, 0.3) is 16.7 Å². The van der Waals surface area contributed by atoms with Crippen LogP contribution in [0.2, 0.25) is 0 Å². The highest BCUT2D eigenvalue weighted by Gasteiger charge is 2.25. The molecule has 0 N–H and O–H groups in total. The molecule has 35 heavy (non-hydrogen) atoms. The number of pyridine rings is 1. The van der Waals surface area contributed by atoms with Gasteiger partial charge in [0.05, 0.1) is 5.39 Å². The van der Waals surface area contributed by atoms with Crippen molar-refractivity contribution in [2.75, 3.05) is 11.4 Å². The lowest BCUT2D eigenvalue weighted by Gasteiger charge is -2.23. The quantitative estimate of drug-likeness (QED) is 0.322. The van der Waals surface area contributed by atoms with Crippen LogP contribution in [0, 0.1) is 6.92 Å². The minimum Gasteiger partial charge on any atom is -0.316 e. The van der Waals surface area contributed by atoms with Gasteiger partial charge < -0.3 is 9.47 Å². The summed E-state index contributed by atoms with van der Waals surface area (Å²) in [7, 11) is 0. The fraction of sp³-hybridized carbons (Fsp3) is 0.207. The topological polar surface area (TPSA) is 59.6 Å². The number of carbonyl (C=O) groups excluding carboxylic acids is 1. The predicted molar refractivity (Wildman–Crippen MR) is 140 cm³/mol. The number of hydrogen-bond acceptors (Lipinski definition) is 3. The highest BCUT2D eigenvalue weighted by Crippen LogP contribution is 2.24. The van der Waals surface area contributed by atoms with Crippen molar-refractivity contribution >= 4 is 28.3 Å². The number of carbonyl (C=O) groups is 1. The Morgan fingerprint density at radius 2 is 1.66 bits per heavy atom. The normalized spacial score (nSPS) is 11.3. The average molecular weight is 465 g/mol. The van der Waals surface area contributed by atoms with Gasteiger partial charge in [0.15, 0.2) is 0 Å². The molecule has 3 aromatic heterocycles. The number of hydrogen-bond donors (Lipinski definition) is 0. The fourth-order valence-electron chi connectivity index (χ4n) is 4.47. The summed E-state index contributed by atoms with van der Waals surface area (Å²) < 4.78 is 3.45. The Hall–Kier alpha value is -4.19. The molecule has 0 aliphatic heterocycles. The molecule has 0 fully saturated rings. The summed E-state index contributed by atoms with van der Waals surface area (Å²) in [5.41, 5.74) is 4.19. The molecule has 5 aromatic rings. The van der Waals surface area contributed by atoms with E-state index in [-0.39, 0.29) is 11.5 Å². The first-order valence-electron chi connectivity index (χ1n) is 12.0. The minimum atomic E-state index is -0.172. The largest absolute Gasteiger partial charge is 0.316 e. The predicted octanol–water partition coefficient (Wildman–Crippen LogP) is 5.45. The van der Waals surface area contributed by atoms with Gasteiger partial charge in [-0.3, -0.25) is 14.0 Å². The summed E-state index contributed by atoms with van der Waals surface area (Å²) in [5.74, 6) is -0.135. The molecule has 0 atom stereocenters. The second-order valence-electron chi connectivity index (χ2n) is 8.79. The van der Waals surface area contributed by atoms with Gasteiger partial charge in [0.1, 0.15) is 17.0 Å². The van der Waals surface area contributed by atoms with Crippen LogP contribution in [0.3, 0.4) is 0 Å². The smallest absolute Gasteiger partial charge is 0.274 e. The van der Waals surface area contributed by atoms with Crippen LogP contribution in [0.4, 0.5) is 5.69 Å². The van der Waals surface area contributed by atoms with Gasteiger partial charge in [-0.05, 0) is 48.7 Å². The molecule has 6 nitrogen and oxygen atoms in total. The number of fused-ring (bicyclic) bond motifs is 2. The van der Waals surface area contributed by atoms with E-state index in [1.54, 1.807) is 16.7 Å². The number of unbranched alkanes of at least 4 members (excludes halogenated alkanes) is 1. The fourth-order valence-corrected chi connectivity index (χ4v) is 4.47. The summed E-state index contributed by atoms with van der Waals surface area (Å²) in [6.45, 7) is 5.08. The van der Waals surface area contributed by atoms with Crippen LogP contribution in [-0.2, 0) is 6.54 Å². The van der Waals surface area contributed by atoms with Crippen LogP contribution in [0.5, 0.6) is 0 Å². The molecule has 176 valence electrons.